The maximum atomic E-state index is 10.2. The maximum absolute atomic E-state index is 10.2. The van der Waals surface area contributed by atoms with Gasteiger partial charge in [-0.1, -0.05) is 6.58 Å². The van der Waals surface area contributed by atoms with Gasteiger partial charge in [-0.15, -0.1) is 0 Å². The third-order valence-electron chi connectivity index (χ3n) is 0.771. The summed E-state index contributed by atoms with van der Waals surface area (Å²) in [5.74, 6) is -0.824. The summed E-state index contributed by atoms with van der Waals surface area (Å²) < 4.78 is 0. The van der Waals surface area contributed by atoms with Gasteiger partial charge in [0.1, 0.15) is 0 Å². The second kappa shape index (κ2) is 6.80. The van der Waals surface area contributed by atoms with E-state index >= 15 is 0 Å². The lowest BCUT2D eigenvalue weighted by atomic mass is 10.6. The Hall–Kier alpha value is -1.32. The molecule has 0 radical (unpaired) electrons. The quantitative estimate of drug-likeness (QED) is 0.612. The zero-order chi connectivity index (χ0) is 9.44. The molecule has 0 aromatic heterocycles. The van der Waals surface area contributed by atoms with Crippen LogP contribution >= 0.6 is 0 Å². The van der Waals surface area contributed by atoms with Gasteiger partial charge in [0.15, 0.2) is 0 Å². The minimum absolute atomic E-state index is 0.00926. The van der Waals surface area contributed by atoms with E-state index in [-0.39, 0.29) is 5.91 Å². The molecule has 0 atom stereocenters. The number of amides is 1. The van der Waals surface area contributed by atoms with Crippen LogP contribution in [0, 0.1) is 0 Å². The van der Waals surface area contributed by atoms with Crippen LogP contribution in [0.1, 0.15) is 13.8 Å². The molecule has 0 aliphatic heterocycles. The molecule has 0 aromatic rings. The van der Waals surface area contributed by atoms with E-state index in [1.807, 2.05) is 0 Å². The Balaban J connectivity index is 0. The largest absolute Gasteiger partial charge is 0.481 e. The van der Waals surface area contributed by atoms with Gasteiger partial charge in [0.25, 0.3) is 5.97 Å². The van der Waals surface area contributed by atoms with Gasteiger partial charge in [-0.2, -0.15) is 0 Å². The van der Waals surface area contributed by atoms with Gasteiger partial charge >= 0.3 is 0 Å². The predicted octanol–water partition coefficient (Wildman–Crippen LogP) is 0.699. The zero-order valence-electron chi connectivity index (χ0n) is 7.00. The number of hydrogen-bond acceptors (Lipinski definition) is 2. The Labute approximate surface area is 66.1 Å². The second-order valence-corrected chi connectivity index (χ2v) is 1.83. The monoisotopic (exact) mass is 159 g/mol. The van der Waals surface area contributed by atoms with E-state index in [0.717, 1.165) is 6.92 Å². The first-order valence-corrected chi connectivity index (χ1v) is 2.97. The van der Waals surface area contributed by atoms with E-state index in [9.17, 15) is 4.79 Å². The van der Waals surface area contributed by atoms with Gasteiger partial charge in [-0.05, 0) is 6.20 Å². The van der Waals surface area contributed by atoms with Gasteiger partial charge in [-0.25, -0.2) is 0 Å². The molecule has 0 fully saturated rings. The number of carboxylic acids is 1. The molecule has 4 nitrogen and oxygen atoms in total. The number of rotatable bonds is 1. The van der Waals surface area contributed by atoms with Gasteiger partial charge in [0.2, 0.25) is 5.91 Å². The average molecular weight is 159 g/mol. The van der Waals surface area contributed by atoms with E-state index in [1.54, 1.807) is 7.05 Å². The second-order valence-electron chi connectivity index (χ2n) is 1.83. The Morgan fingerprint density at radius 3 is 1.73 bits per heavy atom. The Kier molecular flexibility index (Phi) is 7.64. The highest BCUT2D eigenvalue weighted by atomic mass is 16.4. The van der Waals surface area contributed by atoms with E-state index in [2.05, 4.69) is 6.58 Å². The number of carbonyl (C=O) groups is 2. The topological polar surface area (TPSA) is 57.6 Å². The minimum atomic E-state index is -0.833. The van der Waals surface area contributed by atoms with Crippen molar-refractivity contribution in [2.24, 2.45) is 0 Å². The maximum Gasteiger partial charge on any atom is 0.300 e. The molecular formula is C7H13NO3. The van der Waals surface area contributed by atoms with E-state index in [0.29, 0.717) is 0 Å². The van der Waals surface area contributed by atoms with Gasteiger partial charge in [0.05, 0.1) is 0 Å². The highest BCUT2D eigenvalue weighted by molar-refractivity contribution is 5.73. The molecule has 11 heavy (non-hydrogen) atoms. The van der Waals surface area contributed by atoms with Crippen molar-refractivity contribution in [3.05, 3.63) is 12.8 Å². The van der Waals surface area contributed by atoms with Crippen LogP contribution in [-0.2, 0) is 9.59 Å². The first-order chi connectivity index (χ1) is 4.91. The van der Waals surface area contributed by atoms with Crippen LogP contribution < -0.4 is 0 Å². The Bertz CT molecular complexity index is 150. The summed E-state index contributed by atoms with van der Waals surface area (Å²) in [6, 6.07) is 0. The summed E-state index contributed by atoms with van der Waals surface area (Å²) >= 11 is 0. The molecule has 1 N–H and O–H groups in total. The molecular weight excluding hydrogens is 146 g/mol. The molecule has 0 saturated carbocycles. The van der Waals surface area contributed by atoms with Gasteiger partial charge < -0.3 is 10.0 Å². The fourth-order valence-corrected chi connectivity index (χ4v) is 0.129. The van der Waals surface area contributed by atoms with Crippen LogP contribution in [0.4, 0.5) is 0 Å². The average Bonchev–Trinajstić information content (AvgIpc) is 1.85. The molecule has 0 saturated heterocycles. The van der Waals surface area contributed by atoms with Crippen molar-refractivity contribution in [1.29, 1.82) is 0 Å². The fraction of sp³-hybridized carbons (Fsp3) is 0.429. The summed E-state index contributed by atoms with van der Waals surface area (Å²) in [6.07, 6.45) is 1.47. The number of hydrogen-bond donors (Lipinski definition) is 1. The minimum Gasteiger partial charge on any atom is -0.481 e. The molecule has 0 aromatic carbocycles. The van der Waals surface area contributed by atoms with Crippen molar-refractivity contribution in [1.82, 2.24) is 4.90 Å². The molecule has 0 aliphatic carbocycles. The molecule has 0 rings (SSSR count). The normalized spacial score (nSPS) is 7.18. The van der Waals surface area contributed by atoms with Crippen molar-refractivity contribution >= 4 is 11.9 Å². The molecule has 64 valence electrons. The molecule has 0 heterocycles. The summed E-state index contributed by atoms with van der Waals surface area (Å²) in [6.45, 7) is 5.96. The van der Waals surface area contributed by atoms with Crippen LogP contribution in [0.25, 0.3) is 0 Å². The van der Waals surface area contributed by atoms with Crippen LogP contribution in [0.2, 0.25) is 0 Å². The molecule has 0 bridgehead atoms. The number of nitrogens with zero attached hydrogens (tertiary/aromatic N) is 1. The Morgan fingerprint density at radius 2 is 1.73 bits per heavy atom. The third-order valence-corrected chi connectivity index (χ3v) is 0.771. The molecule has 1 amide bonds. The predicted molar refractivity (Wildman–Crippen MR) is 42.0 cm³/mol. The van der Waals surface area contributed by atoms with Crippen molar-refractivity contribution in [3.8, 4) is 0 Å². The standard InChI is InChI=1S/C5H9NO.C2H4O2/c1-4-6(3)5(2)7;1-2(3)4/h4H,1H2,2-3H3;1H3,(H,3,4). The Morgan fingerprint density at radius 1 is 1.45 bits per heavy atom. The molecule has 0 spiro atoms. The van der Waals surface area contributed by atoms with Crippen LogP contribution in [-0.4, -0.2) is 28.9 Å². The fourth-order valence-electron chi connectivity index (χ4n) is 0.129. The summed E-state index contributed by atoms with van der Waals surface area (Å²) in [5, 5.41) is 7.42. The van der Waals surface area contributed by atoms with Crippen LogP contribution in [0.3, 0.4) is 0 Å². The smallest absolute Gasteiger partial charge is 0.300 e. The lowest BCUT2D eigenvalue weighted by Crippen LogP contribution is -2.15. The van der Waals surface area contributed by atoms with Crippen molar-refractivity contribution in [2.45, 2.75) is 13.8 Å². The highest BCUT2D eigenvalue weighted by Gasteiger charge is 1.90. The SMILES string of the molecule is C=CN(C)C(C)=O.CC(=O)O. The van der Waals surface area contributed by atoms with Gasteiger partial charge in [0, 0.05) is 20.9 Å². The molecule has 4 heteroatoms. The van der Waals surface area contributed by atoms with Gasteiger partial charge in [-0.3, -0.25) is 9.59 Å². The summed E-state index contributed by atoms with van der Waals surface area (Å²) in [7, 11) is 1.66. The lowest BCUT2D eigenvalue weighted by molar-refractivity contribution is -0.134. The van der Waals surface area contributed by atoms with E-state index < -0.39 is 5.97 Å². The number of aliphatic carboxylic acids is 1. The number of carbonyl (C=O) groups excluding carboxylic acids is 1. The van der Waals surface area contributed by atoms with E-state index in [1.165, 1.54) is 18.0 Å². The summed E-state index contributed by atoms with van der Waals surface area (Å²) in [5.41, 5.74) is 0. The van der Waals surface area contributed by atoms with Crippen molar-refractivity contribution < 1.29 is 14.7 Å². The third kappa shape index (κ3) is 17.7. The van der Waals surface area contributed by atoms with E-state index in [4.69, 9.17) is 9.90 Å². The van der Waals surface area contributed by atoms with Crippen LogP contribution in [0.15, 0.2) is 12.8 Å². The zero-order valence-corrected chi connectivity index (χ0v) is 7.00. The first kappa shape index (κ1) is 12.4. The van der Waals surface area contributed by atoms with Crippen LogP contribution in [0.5, 0.6) is 0 Å². The van der Waals surface area contributed by atoms with Crippen molar-refractivity contribution in [3.63, 3.8) is 0 Å². The number of carboxylic acid groups (broad SMARTS) is 1. The molecule has 0 aliphatic rings. The summed E-state index contributed by atoms with van der Waals surface area (Å²) in [4.78, 5) is 20.6. The first-order valence-electron chi connectivity index (χ1n) is 2.97. The van der Waals surface area contributed by atoms with Crippen molar-refractivity contribution in [2.75, 3.05) is 7.05 Å². The molecule has 0 unspecified atom stereocenters. The lowest BCUT2D eigenvalue weighted by Gasteiger charge is -2.04. The highest BCUT2D eigenvalue weighted by Crippen LogP contribution is 1.79.